The van der Waals surface area contributed by atoms with Gasteiger partial charge in [-0.1, -0.05) is 45.8 Å². The van der Waals surface area contributed by atoms with Crippen LogP contribution in [0.3, 0.4) is 0 Å². The molecule has 0 amide bonds. The van der Waals surface area contributed by atoms with Gasteiger partial charge in [0.15, 0.2) is 24.3 Å². The largest absolute Gasteiger partial charge is 0.458 e. The van der Waals surface area contributed by atoms with Crippen LogP contribution in [0.25, 0.3) is 0 Å². The lowest BCUT2D eigenvalue weighted by atomic mass is 9.46. The van der Waals surface area contributed by atoms with E-state index in [1.807, 2.05) is 13.0 Å². The number of rotatable bonds is 6. The molecular formula is C28H38O7. The first kappa shape index (κ1) is 24.8. The van der Waals surface area contributed by atoms with Crippen LogP contribution in [0.15, 0.2) is 23.8 Å². The molecule has 3 saturated carbocycles. The van der Waals surface area contributed by atoms with Gasteiger partial charge in [0.05, 0.1) is 12.2 Å². The lowest BCUT2D eigenvalue weighted by Crippen LogP contribution is -2.63. The van der Waals surface area contributed by atoms with Crippen LogP contribution in [0.1, 0.15) is 72.6 Å². The molecule has 4 aliphatic carbocycles. The summed E-state index contributed by atoms with van der Waals surface area (Å²) in [7, 11) is 0. The number of Topliss-reactive ketones (excluding diaryl/α,β-unsaturated/α-hetero) is 1. The zero-order valence-electron chi connectivity index (χ0n) is 21.2. The van der Waals surface area contributed by atoms with Crippen molar-refractivity contribution in [3.63, 3.8) is 0 Å². The van der Waals surface area contributed by atoms with Crippen LogP contribution in [0.2, 0.25) is 0 Å². The number of carbonyl (C=O) groups excluding carboxylic acids is 3. The van der Waals surface area contributed by atoms with Crippen LogP contribution >= 0.6 is 0 Å². The topological polar surface area (TPSA) is 99.1 Å². The molecule has 5 rings (SSSR count). The SMILES string of the molecule is CCC[C@@H]1O[C@@H]2C[C@H]3[C@@H]4CCC5=CC(=O)C=C[C@]5(C)[C@H]4[C@@H](O)C[C@]3(C)[C@]2(C(=O)COC(=O)CC)O1. The maximum Gasteiger partial charge on any atom is 0.305 e. The Morgan fingerprint density at radius 2 is 2.03 bits per heavy atom. The number of aliphatic hydroxyl groups excluding tert-OH is 1. The van der Waals surface area contributed by atoms with E-state index >= 15 is 0 Å². The minimum absolute atomic E-state index is 0.0106. The fraction of sp³-hybridized carbons (Fsp3) is 0.750. The lowest BCUT2D eigenvalue weighted by molar-refractivity contribution is -0.201. The first-order valence-corrected chi connectivity index (χ1v) is 13.2. The van der Waals surface area contributed by atoms with Gasteiger partial charge in [0.1, 0.15) is 0 Å². The molecule has 7 nitrogen and oxygen atoms in total. The van der Waals surface area contributed by atoms with E-state index < -0.39 is 35.5 Å². The number of esters is 1. The van der Waals surface area contributed by atoms with Crippen molar-refractivity contribution in [1.82, 2.24) is 0 Å². The van der Waals surface area contributed by atoms with E-state index in [2.05, 4.69) is 13.8 Å². The number of carbonyl (C=O) groups is 3. The summed E-state index contributed by atoms with van der Waals surface area (Å²) in [6.07, 6.45) is 8.25. The standard InChI is InChI=1S/C28H38O7/c1-5-7-24-34-22-13-19-18-9-8-16-12-17(29)10-11-26(16,3)25(18)20(30)14-27(19,4)28(22,35-24)21(31)15-33-23(32)6-2/h10-12,18-20,22,24-25,30H,5-9,13-15H2,1-4H3/t18-,19-,20-,22+,24+,25+,26-,27-,28+/m0/s1. The van der Waals surface area contributed by atoms with E-state index in [0.717, 1.165) is 24.8 Å². The Labute approximate surface area is 207 Å². The molecule has 4 fully saturated rings. The highest BCUT2D eigenvalue weighted by molar-refractivity contribution is 6.01. The van der Waals surface area contributed by atoms with Gasteiger partial charge in [-0.2, -0.15) is 0 Å². The van der Waals surface area contributed by atoms with Crippen molar-refractivity contribution in [2.24, 2.45) is 28.6 Å². The van der Waals surface area contributed by atoms with Crippen LogP contribution in [-0.2, 0) is 28.6 Å². The average molecular weight is 487 g/mol. The molecule has 1 aliphatic heterocycles. The van der Waals surface area contributed by atoms with Crippen molar-refractivity contribution in [1.29, 1.82) is 0 Å². The maximum atomic E-state index is 13.9. The summed E-state index contributed by atoms with van der Waals surface area (Å²) in [5, 5.41) is 11.7. The van der Waals surface area contributed by atoms with Crippen LogP contribution in [0.5, 0.6) is 0 Å². The Balaban J connectivity index is 1.52. The third-order valence-corrected chi connectivity index (χ3v) is 9.88. The van der Waals surface area contributed by atoms with E-state index in [0.29, 0.717) is 19.3 Å². The Bertz CT molecular complexity index is 984. The van der Waals surface area contributed by atoms with Crippen LogP contribution < -0.4 is 0 Å². The molecule has 192 valence electrons. The molecule has 5 aliphatic rings. The van der Waals surface area contributed by atoms with Crippen molar-refractivity contribution in [3.8, 4) is 0 Å². The fourth-order valence-corrected chi connectivity index (χ4v) is 8.36. The molecule has 0 aromatic heterocycles. The molecule has 0 spiro atoms. The summed E-state index contributed by atoms with van der Waals surface area (Å²) in [6.45, 7) is 7.61. The van der Waals surface area contributed by atoms with E-state index in [1.54, 1.807) is 19.1 Å². The van der Waals surface area contributed by atoms with Gasteiger partial charge < -0.3 is 19.3 Å². The molecule has 0 radical (unpaired) electrons. The predicted molar refractivity (Wildman–Crippen MR) is 127 cm³/mol. The molecule has 0 unspecified atom stereocenters. The molecular weight excluding hydrogens is 448 g/mol. The fourth-order valence-electron chi connectivity index (χ4n) is 8.36. The monoisotopic (exact) mass is 486 g/mol. The molecule has 0 aromatic carbocycles. The maximum absolute atomic E-state index is 13.9. The third kappa shape index (κ3) is 3.45. The van der Waals surface area contributed by atoms with Crippen LogP contribution in [-0.4, -0.2) is 53.3 Å². The van der Waals surface area contributed by atoms with Crippen molar-refractivity contribution >= 4 is 17.5 Å². The number of hydrogen-bond donors (Lipinski definition) is 1. The second-order valence-corrected chi connectivity index (χ2v) is 11.6. The molecule has 35 heavy (non-hydrogen) atoms. The number of ketones is 2. The van der Waals surface area contributed by atoms with Crippen molar-refractivity contribution in [2.75, 3.05) is 6.61 Å². The number of ether oxygens (including phenoxy) is 3. The summed E-state index contributed by atoms with van der Waals surface area (Å²) in [4.78, 5) is 37.8. The van der Waals surface area contributed by atoms with Gasteiger partial charge in [-0.3, -0.25) is 14.4 Å². The number of aliphatic hydroxyl groups is 1. The van der Waals surface area contributed by atoms with E-state index in [1.165, 1.54) is 0 Å². The molecule has 0 aromatic rings. The normalized spacial score (nSPS) is 45.7. The number of allylic oxidation sites excluding steroid dienone is 4. The van der Waals surface area contributed by atoms with Gasteiger partial charge in [0.25, 0.3) is 0 Å². The number of fused-ring (bicyclic) bond motifs is 7. The zero-order valence-corrected chi connectivity index (χ0v) is 21.2. The lowest BCUT2D eigenvalue weighted by Gasteiger charge is -2.59. The minimum atomic E-state index is -1.24. The van der Waals surface area contributed by atoms with Gasteiger partial charge >= 0.3 is 5.97 Å². The van der Waals surface area contributed by atoms with Crippen LogP contribution in [0, 0.1) is 28.6 Å². The predicted octanol–water partition coefficient (Wildman–Crippen LogP) is 3.68. The second kappa shape index (κ2) is 8.63. The van der Waals surface area contributed by atoms with Crippen LogP contribution in [0.4, 0.5) is 0 Å². The Morgan fingerprint density at radius 3 is 2.74 bits per heavy atom. The van der Waals surface area contributed by atoms with E-state index in [9.17, 15) is 19.5 Å². The molecule has 1 heterocycles. The Morgan fingerprint density at radius 1 is 1.26 bits per heavy atom. The van der Waals surface area contributed by atoms with E-state index in [-0.39, 0.29) is 47.8 Å². The second-order valence-electron chi connectivity index (χ2n) is 11.6. The average Bonchev–Trinajstić information content (AvgIpc) is 3.29. The Kier molecular flexibility index (Phi) is 6.13. The van der Waals surface area contributed by atoms with Gasteiger partial charge in [0, 0.05) is 23.2 Å². The van der Waals surface area contributed by atoms with Crippen molar-refractivity contribution in [3.05, 3.63) is 23.8 Å². The molecule has 0 bridgehead atoms. The minimum Gasteiger partial charge on any atom is -0.458 e. The molecule has 1 N–H and O–H groups in total. The summed E-state index contributed by atoms with van der Waals surface area (Å²) >= 11 is 0. The molecule has 9 atom stereocenters. The van der Waals surface area contributed by atoms with Gasteiger partial charge in [-0.15, -0.1) is 0 Å². The van der Waals surface area contributed by atoms with Gasteiger partial charge in [-0.05, 0) is 56.1 Å². The summed E-state index contributed by atoms with van der Waals surface area (Å²) in [5.74, 6) is -0.439. The van der Waals surface area contributed by atoms with Gasteiger partial charge in [-0.25, -0.2) is 0 Å². The van der Waals surface area contributed by atoms with E-state index in [4.69, 9.17) is 14.2 Å². The summed E-state index contributed by atoms with van der Waals surface area (Å²) in [6, 6.07) is 0. The highest BCUT2D eigenvalue weighted by Gasteiger charge is 2.75. The molecule has 7 heteroatoms. The Hall–Kier alpha value is -1.83. The quantitative estimate of drug-likeness (QED) is 0.572. The highest BCUT2D eigenvalue weighted by Crippen LogP contribution is 2.69. The summed E-state index contributed by atoms with van der Waals surface area (Å²) in [5.41, 5.74) is -1.18. The zero-order chi connectivity index (χ0) is 25.2. The highest BCUT2D eigenvalue weighted by atomic mass is 16.7. The van der Waals surface area contributed by atoms with Crippen molar-refractivity contribution in [2.45, 2.75) is 96.7 Å². The third-order valence-electron chi connectivity index (χ3n) is 9.88. The molecule has 1 saturated heterocycles. The first-order chi connectivity index (χ1) is 16.6. The van der Waals surface area contributed by atoms with Gasteiger partial charge in [0.2, 0.25) is 5.78 Å². The first-order valence-electron chi connectivity index (χ1n) is 13.2. The summed E-state index contributed by atoms with van der Waals surface area (Å²) < 4.78 is 18.2. The van der Waals surface area contributed by atoms with Crippen molar-refractivity contribution < 1.29 is 33.7 Å². The number of hydrogen-bond acceptors (Lipinski definition) is 7. The smallest absolute Gasteiger partial charge is 0.305 e.